The van der Waals surface area contributed by atoms with E-state index in [2.05, 4.69) is 34.0 Å². The standard InChI is InChI=1S/C21H33N5O3/c1-4-25-15-26(21(29)18-20(25)24(3)14-23(18)2)13-7-5-6-12-22-19(28)16-8-10-17(27)11-9-16/h8-11,18,20,27H,4-7,12-15H2,1-3H3,(H,22,28). The van der Waals surface area contributed by atoms with Gasteiger partial charge in [-0.25, -0.2) is 0 Å². The fourth-order valence-corrected chi connectivity index (χ4v) is 4.34. The average molecular weight is 404 g/mol. The van der Waals surface area contributed by atoms with Crippen LogP contribution in [-0.4, -0.2) is 95.8 Å². The number of phenolic OH excluding ortho intramolecular Hbond substituents is 1. The lowest BCUT2D eigenvalue weighted by molar-refractivity contribution is -0.149. The van der Waals surface area contributed by atoms with Crippen molar-refractivity contribution in [1.29, 1.82) is 0 Å². The first-order chi connectivity index (χ1) is 13.9. The zero-order valence-corrected chi connectivity index (χ0v) is 17.7. The largest absolute Gasteiger partial charge is 0.508 e. The number of fused-ring (bicyclic) bond motifs is 1. The summed E-state index contributed by atoms with van der Waals surface area (Å²) in [5.41, 5.74) is 0.543. The normalized spacial score (nSPS) is 23.4. The van der Waals surface area contributed by atoms with Crippen molar-refractivity contribution in [1.82, 2.24) is 24.9 Å². The summed E-state index contributed by atoms with van der Waals surface area (Å²) in [6.07, 6.45) is 2.92. The molecule has 2 aliphatic heterocycles. The Morgan fingerprint density at radius 3 is 2.52 bits per heavy atom. The van der Waals surface area contributed by atoms with E-state index in [9.17, 15) is 14.7 Å². The first kappa shape index (κ1) is 21.5. The Bertz CT molecular complexity index is 711. The molecule has 0 bridgehead atoms. The predicted octanol–water partition coefficient (Wildman–Crippen LogP) is 0.943. The van der Waals surface area contributed by atoms with E-state index in [1.807, 2.05) is 11.9 Å². The highest BCUT2D eigenvalue weighted by atomic mass is 16.3. The van der Waals surface area contributed by atoms with Gasteiger partial charge in [0, 0.05) is 18.7 Å². The van der Waals surface area contributed by atoms with E-state index in [1.165, 1.54) is 12.1 Å². The van der Waals surface area contributed by atoms with Crippen LogP contribution in [0.25, 0.3) is 0 Å². The maximum absolute atomic E-state index is 13.0. The molecule has 2 unspecified atom stereocenters. The third-order valence-corrected chi connectivity index (χ3v) is 5.87. The lowest BCUT2D eigenvalue weighted by atomic mass is 10.1. The van der Waals surface area contributed by atoms with Gasteiger partial charge in [-0.05, 0) is 64.2 Å². The summed E-state index contributed by atoms with van der Waals surface area (Å²) in [4.78, 5) is 33.8. The van der Waals surface area contributed by atoms with Crippen LogP contribution in [0, 0.1) is 0 Å². The van der Waals surface area contributed by atoms with Crippen LogP contribution in [0.5, 0.6) is 5.75 Å². The van der Waals surface area contributed by atoms with E-state index >= 15 is 0 Å². The average Bonchev–Trinajstić information content (AvgIpc) is 3.01. The molecule has 2 aliphatic rings. The number of amides is 2. The van der Waals surface area contributed by atoms with Gasteiger partial charge in [-0.1, -0.05) is 6.92 Å². The van der Waals surface area contributed by atoms with E-state index in [1.54, 1.807) is 12.1 Å². The molecule has 2 atom stereocenters. The van der Waals surface area contributed by atoms with Gasteiger partial charge in [0.2, 0.25) is 5.91 Å². The second-order valence-corrected chi connectivity index (χ2v) is 8.03. The first-order valence-electron chi connectivity index (χ1n) is 10.4. The molecule has 0 radical (unpaired) electrons. The molecule has 0 aliphatic carbocycles. The summed E-state index contributed by atoms with van der Waals surface area (Å²) < 4.78 is 0. The maximum atomic E-state index is 13.0. The molecule has 2 saturated heterocycles. The fraction of sp³-hybridized carbons (Fsp3) is 0.619. The van der Waals surface area contributed by atoms with E-state index in [-0.39, 0.29) is 29.8 Å². The van der Waals surface area contributed by atoms with Crippen molar-refractivity contribution >= 4 is 11.8 Å². The minimum absolute atomic E-state index is 0.0849. The number of unbranched alkanes of at least 4 members (excludes halogenated alkanes) is 2. The molecule has 160 valence electrons. The molecular formula is C21H33N5O3. The highest BCUT2D eigenvalue weighted by molar-refractivity contribution is 5.94. The number of benzene rings is 1. The van der Waals surface area contributed by atoms with Crippen LogP contribution in [0.3, 0.4) is 0 Å². The Morgan fingerprint density at radius 2 is 1.83 bits per heavy atom. The molecule has 8 heteroatoms. The number of nitrogens with one attached hydrogen (secondary N) is 1. The predicted molar refractivity (Wildman–Crippen MR) is 111 cm³/mol. The molecular weight excluding hydrogens is 370 g/mol. The van der Waals surface area contributed by atoms with Crippen LogP contribution >= 0.6 is 0 Å². The molecule has 3 rings (SSSR count). The van der Waals surface area contributed by atoms with Gasteiger partial charge >= 0.3 is 0 Å². The number of nitrogens with zero attached hydrogens (tertiary/aromatic N) is 4. The summed E-state index contributed by atoms with van der Waals surface area (Å²) >= 11 is 0. The van der Waals surface area contributed by atoms with Gasteiger partial charge in [0.05, 0.1) is 19.5 Å². The lowest BCUT2D eigenvalue weighted by Crippen LogP contribution is -2.64. The van der Waals surface area contributed by atoms with Crippen molar-refractivity contribution in [2.45, 2.75) is 38.4 Å². The van der Waals surface area contributed by atoms with Crippen LogP contribution in [0.15, 0.2) is 24.3 Å². The van der Waals surface area contributed by atoms with Crippen molar-refractivity contribution < 1.29 is 14.7 Å². The Kier molecular flexibility index (Phi) is 7.10. The van der Waals surface area contributed by atoms with E-state index in [0.29, 0.717) is 18.8 Å². The lowest BCUT2D eigenvalue weighted by Gasteiger charge is -2.44. The van der Waals surface area contributed by atoms with Crippen molar-refractivity contribution in [3.8, 4) is 5.75 Å². The van der Waals surface area contributed by atoms with Gasteiger partial charge in [-0.2, -0.15) is 0 Å². The molecule has 0 spiro atoms. The second-order valence-electron chi connectivity index (χ2n) is 8.03. The summed E-state index contributed by atoms with van der Waals surface area (Å²) in [5.74, 6) is 0.249. The van der Waals surface area contributed by atoms with Crippen molar-refractivity contribution in [3.05, 3.63) is 29.8 Å². The van der Waals surface area contributed by atoms with Gasteiger partial charge < -0.3 is 15.3 Å². The number of carbonyl (C=O) groups excluding carboxylic acids is 2. The zero-order chi connectivity index (χ0) is 21.0. The molecule has 1 aromatic carbocycles. The van der Waals surface area contributed by atoms with E-state index in [4.69, 9.17) is 0 Å². The fourth-order valence-electron chi connectivity index (χ4n) is 4.34. The molecule has 0 saturated carbocycles. The number of likely N-dealkylation sites (N-methyl/N-ethyl adjacent to an activating group) is 3. The second kappa shape index (κ2) is 9.56. The van der Waals surface area contributed by atoms with Crippen molar-refractivity contribution in [3.63, 3.8) is 0 Å². The highest BCUT2D eigenvalue weighted by Crippen LogP contribution is 2.27. The topological polar surface area (TPSA) is 79.4 Å². The number of hydrogen-bond donors (Lipinski definition) is 2. The Balaban J connectivity index is 1.39. The molecule has 1 aromatic rings. The third-order valence-electron chi connectivity index (χ3n) is 5.87. The minimum Gasteiger partial charge on any atom is -0.508 e. The monoisotopic (exact) mass is 403 g/mol. The number of rotatable bonds is 8. The number of aromatic hydroxyl groups is 1. The molecule has 2 heterocycles. The Labute approximate surface area is 173 Å². The summed E-state index contributed by atoms with van der Waals surface area (Å²) in [6, 6.07) is 6.15. The highest BCUT2D eigenvalue weighted by Gasteiger charge is 2.48. The Morgan fingerprint density at radius 1 is 1.10 bits per heavy atom. The van der Waals surface area contributed by atoms with Gasteiger partial charge in [0.1, 0.15) is 11.8 Å². The van der Waals surface area contributed by atoms with Crippen molar-refractivity contribution in [2.24, 2.45) is 0 Å². The summed E-state index contributed by atoms with van der Waals surface area (Å²) in [6.45, 7) is 5.92. The van der Waals surface area contributed by atoms with Gasteiger partial charge in [0.25, 0.3) is 5.91 Å². The molecule has 0 aromatic heterocycles. The SMILES string of the molecule is CCN1CN(CCCCCNC(=O)c2ccc(O)cc2)C(=O)C2C1N(C)CN2C. The number of phenols is 1. The Hall–Kier alpha value is -2.16. The third kappa shape index (κ3) is 4.88. The maximum Gasteiger partial charge on any atom is 0.251 e. The summed E-state index contributed by atoms with van der Waals surface area (Å²) in [5, 5.41) is 12.2. The first-order valence-corrected chi connectivity index (χ1v) is 10.4. The molecule has 2 N–H and O–H groups in total. The van der Waals surface area contributed by atoms with Crippen molar-refractivity contribution in [2.75, 3.05) is 47.1 Å². The number of carbonyl (C=O) groups is 2. The smallest absolute Gasteiger partial charge is 0.251 e. The summed E-state index contributed by atoms with van der Waals surface area (Å²) in [7, 11) is 4.10. The van der Waals surface area contributed by atoms with Gasteiger partial charge in [-0.15, -0.1) is 0 Å². The van der Waals surface area contributed by atoms with Gasteiger partial charge in [-0.3, -0.25) is 24.3 Å². The molecule has 29 heavy (non-hydrogen) atoms. The molecule has 2 amide bonds. The molecule has 2 fully saturated rings. The van der Waals surface area contributed by atoms with Gasteiger partial charge in [0.15, 0.2) is 0 Å². The van der Waals surface area contributed by atoms with Crippen LogP contribution < -0.4 is 5.32 Å². The minimum atomic E-state index is -0.130. The zero-order valence-electron chi connectivity index (χ0n) is 17.7. The van der Waals surface area contributed by atoms with Crippen LogP contribution in [-0.2, 0) is 4.79 Å². The quantitative estimate of drug-likeness (QED) is 0.629. The molecule has 8 nitrogen and oxygen atoms in total. The van der Waals surface area contributed by atoms with Crippen LogP contribution in [0.2, 0.25) is 0 Å². The van der Waals surface area contributed by atoms with E-state index < -0.39 is 0 Å². The van der Waals surface area contributed by atoms with E-state index in [0.717, 1.165) is 39.0 Å². The number of hydrogen-bond acceptors (Lipinski definition) is 6. The van der Waals surface area contributed by atoms with Crippen LogP contribution in [0.1, 0.15) is 36.5 Å². The van der Waals surface area contributed by atoms with Crippen LogP contribution in [0.4, 0.5) is 0 Å².